The van der Waals surface area contributed by atoms with Crippen molar-refractivity contribution in [2.75, 3.05) is 5.32 Å². The molecule has 0 bridgehead atoms. The van der Waals surface area contributed by atoms with E-state index in [-0.39, 0.29) is 5.91 Å². The Morgan fingerprint density at radius 2 is 1.83 bits per heavy atom. The Balaban J connectivity index is 1.99. The highest BCUT2D eigenvalue weighted by Crippen LogP contribution is 2.12. The van der Waals surface area contributed by atoms with Gasteiger partial charge in [0, 0.05) is 16.8 Å². The molecule has 90 valence electrons. The molecular weight excluding hydrogens is 246 g/mol. The maximum Gasteiger partial charge on any atom is 0.248 e. The molecule has 0 aliphatic heterocycles. The van der Waals surface area contributed by atoms with Crippen molar-refractivity contribution in [1.82, 2.24) is 0 Å². The molecule has 2 aromatic rings. The zero-order chi connectivity index (χ0) is 12.8. The van der Waals surface area contributed by atoms with Crippen molar-refractivity contribution in [3.8, 4) is 0 Å². The Bertz CT molecular complexity index is 564. The molecule has 0 aromatic heterocycles. The third-order valence-corrected chi connectivity index (χ3v) is 2.55. The lowest BCUT2D eigenvalue weighted by Gasteiger charge is -2.00. The van der Waals surface area contributed by atoms with Crippen LogP contribution in [-0.4, -0.2) is 5.91 Å². The van der Waals surface area contributed by atoms with Crippen LogP contribution < -0.4 is 5.32 Å². The first-order valence-corrected chi connectivity index (χ1v) is 5.91. The minimum Gasteiger partial charge on any atom is -0.323 e. The highest BCUT2D eigenvalue weighted by molar-refractivity contribution is 6.30. The van der Waals surface area contributed by atoms with E-state index in [1.54, 1.807) is 18.2 Å². The van der Waals surface area contributed by atoms with Gasteiger partial charge in [0.1, 0.15) is 0 Å². The second-order valence-electron chi connectivity index (χ2n) is 3.74. The fourth-order valence-corrected chi connectivity index (χ4v) is 1.69. The summed E-state index contributed by atoms with van der Waals surface area (Å²) >= 11 is 5.86. The van der Waals surface area contributed by atoms with E-state index in [1.807, 2.05) is 42.5 Å². The van der Waals surface area contributed by atoms with Gasteiger partial charge in [-0.3, -0.25) is 4.79 Å². The van der Waals surface area contributed by atoms with Crippen molar-refractivity contribution in [3.05, 3.63) is 71.3 Å². The minimum absolute atomic E-state index is 0.166. The fourth-order valence-electron chi connectivity index (χ4n) is 1.49. The Hall–Kier alpha value is -2.06. The average Bonchev–Trinajstić information content (AvgIpc) is 2.38. The lowest BCUT2D eigenvalue weighted by Crippen LogP contribution is -2.07. The fraction of sp³-hybridized carbons (Fsp3) is 0. The largest absolute Gasteiger partial charge is 0.323 e. The number of rotatable bonds is 3. The second kappa shape index (κ2) is 6.03. The third-order valence-electron chi connectivity index (χ3n) is 2.32. The summed E-state index contributed by atoms with van der Waals surface area (Å²) in [6.07, 6.45) is 3.21. The van der Waals surface area contributed by atoms with Gasteiger partial charge in [0.2, 0.25) is 5.91 Å². The van der Waals surface area contributed by atoms with Crippen LogP contribution in [-0.2, 0) is 4.79 Å². The zero-order valence-corrected chi connectivity index (χ0v) is 10.4. The Kier molecular flexibility index (Phi) is 4.15. The van der Waals surface area contributed by atoms with Crippen LogP contribution in [0.15, 0.2) is 60.7 Å². The topological polar surface area (TPSA) is 29.1 Å². The number of carbonyl (C=O) groups is 1. The van der Waals surface area contributed by atoms with Crippen molar-refractivity contribution >= 4 is 29.3 Å². The Morgan fingerprint density at radius 1 is 1.06 bits per heavy atom. The van der Waals surface area contributed by atoms with E-state index in [2.05, 4.69) is 5.32 Å². The molecule has 0 saturated heterocycles. The number of carbonyl (C=O) groups excluding carboxylic acids is 1. The highest BCUT2D eigenvalue weighted by Gasteiger charge is 1.96. The van der Waals surface area contributed by atoms with Crippen LogP contribution in [0.3, 0.4) is 0 Å². The zero-order valence-electron chi connectivity index (χ0n) is 9.64. The number of anilines is 1. The number of nitrogens with one attached hydrogen (secondary N) is 1. The molecule has 0 aliphatic rings. The van der Waals surface area contributed by atoms with Gasteiger partial charge in [-0.05, 0) is 35.9 Å². The molecule has 0 saturated carbocycles. The summed E-state index contributed by atoms with van der Waals surface area (Å²) in [7, 11) is 0. The predicted octanol–water partition coefficient (Wildman–Crippen LogP) is 3.99. The van der Waals surface area contributed by atoms with Crippen molar-refractivity contribution in [1.29, 1.82) is 0 Å². The van der Waals surface area contributed by atoms with Crippen LogP contribution in [0.25, 0.3) is 6.08 Å². The molecule has 1 N–H and O–H groups in total. The van der Waals surface area contributed by atoms with Crippen LogP contribution in [0.1, 0.15) is 5.56 Å². The van der Waals surface area contributed by atoms with Crippen LogP contribution in [0.5, 0.6) is 0 Å². The molecule has 0 aliphatic carbocycles. The molecular formula is C15H12ClNO. The van der Waals surface area contributed by atoms with Gasteiger partial charge in [0.25, 0.3) is 0 Å². The first-order valence-electron chi connectivity index (χ1n) is 5.54. The molecule has 0 spiro atoms. The van der Waals surface area contributed by atoms with Crippen LogP contribution in [0, 0.1) is 0 Å². The number of hydrogen-bond acceptors (Lipinski definition) is 1. The van der Waals surface area contributed by atoms with E-state index >= 15 is 0 Å². The van der Waals surface area contributed by atoms with Crippen molar-refractivity contribution in [2.24, 2.45) is 0 Å². The van der Waals surface area contributed by atoms with E-state index in [0.29, 0.717) is 5.02 Å². The van der Waals surface area contributed by atoms with Crippen molar-refractivity contribution < 1.29 is 4.79 Å². The number of para-hydroxylation sites is 1. The standard InChI is InChI=1S/C15H12ClNO/c16-13-6-4-5-12(11-13)9-10-15(18)17-14-7-2-1-3-8-14/h1-11H,(H,17,18)/b10-9+. The summed E-state index contributed by atoms with van der Waals surface area (Å²) in [6.45, 7) is 0. The smallest absolute Gasteiger partial charge is 0.248 e. The van der Waals surface area contributed by atoms with Gasteiger partial charge < -0.3 is 5.32 Å². The Labute approximate surface area is 111 Å². The summed E-state index contributed by atoms with van der Waals surface area (Å²) in [5.74, 6) is -0.166. The average molecular weight is 258 g/mol. The van der Waals surface area contributed by atoms with E-state index in [0.717, 1.165) is 11.3 Å². The summed E-state index contributed by atoms with van der Waals surface area (Å²) in [6, 6.07) is 16.6. The van der Waals surface area contributed by atoms with Crippen LogP contribution in [0.4, 0.5) is 5.69 Å². The first kappa shape index (κ1) is 12.4. The second-order valence-corrected chi connectivity index (χ2v) is 4.18. The summed E-state index contributed by atoms with van der Waals surface area (Å²) in [4.78, 5) is 11.6. The summed E-state index contributed by atoms with van der Waals surface area (Å²) in [5, 5.41) is 3.42. The SMILES string of the molecule is O=C(/C=C/c1cccc(Cl)c1)Nc1ccccc1. The number of halogens is 1. The van der Waals surface area contributed by atoms with Crippen LogP contribution >= 0.6 is 11.6 Å². The number of benzene rings is 2. The molecule has 0 fully saturated rings. The van der Waals surface area contributed by atoms with Gasteiger partial charge >= 0.3 is 0 Å². The molecule has 1 amide bonds. The van der Waals surface area contributed by atoms with Crippen LogP contribution in [0.2, 0.25) is 5.02 Å². The lowest BCUT2D eigenvalue weighted by molar-refractivity contribution is -0.111. The molecule has 2 nitrogen and oxygen atoms in total. The Morgan fingerprint density at radius 3 is 2.56 bits per heavy atom. The van der Waals surface area contributed by atoms with E-state index in [1.165, 1.54) is 6.08 Å². The quantitative estimate of drug-likeness (QED) is 0.828. The minimum atomic E-state index is -0.166. The van der Waals surface area contributed by atoms with E-state index in [4.69, 9.17) is 11.6 Å². The van der Waals surface area contributed by atoms with E-state index < -0.39 is 0 Å². The maximum absolute atomic E-state index is 11.6. The van der Waals surface area contributed by atoms with Gasteiger partial charge in [-0.15, -0.1) is 0 Å². The van der Waals surface area contributed by atoms with E-state index in [9.17, 15) is 4.79 Å². The van der Waals surface area contributed by atoms with Gasteiger partial charge in [0.05, 0.1) is 0 Å². The van der Waals surface area contributed by atoms with Gasteiger partial charge in [-0.1, -0.05) is 41.9 Å². The first-order chi connectivity index (χ1) is 8.74. The third kappa shape index (κ3) is 3.75. The molecule has 0 atom stereocenters. The van der Waals surface area contributed by atoms with Gasteiger partial charge in [-0.25, -0.2) is 0 Å². The summed E-state index contributed by atoms with van der Waals surface area (Å²) < 4.78 is 0. The molecule has 2 rings (SSSR count). The van der Waals surface area contributed by atoms with Crippen molar-refractivity contribution in [3.63, 3.8) is 0 Å². The molecule has 0 radical (unpaired) electrons. The van der Waals surface area contributed by atoms with Gasteiger partial charge in [-0.2, -0.15) is 0 Å². The maximum atomic E-state index is 11.6. The van der Waals surface area contributed by atoms with Crippen molar-refractivity contribution in [2.45, 2.75) is 0 Å². The predicted molar refractivity (Wildman–Crippen MR) is 75.6 cm³/mol. The summed E-state index contributed by atoms with van der Waals surface area (Å²) in [5.41, 5.74) is 1.67. The monoisotopic (exact) mass is 257 g/mol. The molecule has 0 heterocycles. The molecule has 3 heteroatoms. The highest BCUT2D eigenvalue weighted by atomic mass is 35.5. The molecule has 0 unspecified atom stereocenters. The molecule has 2 aromatic carbocycles. The normalized spacial score (nSPS) is 10.5. The number of amides is 1. The number of hydrogen-bond donors (Lipinski definition) is 1. The van der Waals surface area contributed by atoms with Gasteiger partial charge in [0.15, 0.2) is 0 Å². The lowest BCUT2D eigenvalue weighted by atomic mass is 10.2. The molecule has 18 heavy (non-hydrogen) atoms.